The summed E-state index contributed by atoms with van der Waals surface area (Å²) in [5, 5.41) is 3.06. The second kappa shape index (κ2) is 7.01. The molecule has 0 aliphatic carbocycles. The fourth-order valence-corrected chi connectivity index (χ4v) is 1.86. The van der Waals surface area contributed by atoms with Gasteiger partial charge in [0.1, 0.15) is 5.75 Å². The summed E-state index contributed by atoms with van der Waals surface area (Å²) in [6, 6.07) is 5.87. The molecule has 0 unspecified atom stereocenters. The molecule has 0 saturated carbocycles. The van der Waals surface area contributed by atoms with E-state index in [1.54, 1.807) is 0 Å². The van der Waals surface area contributed by atoms with Crippen molar-refractivity contribution in [3.63, 3.8) is 0 Å². The zero-order valence-corrected chi connectivity index (χ0v) is 12.7. The van der Waals surface area contributed by atoms with Gasteiger partial charge < -0.3 is 10.1 Å². The highest BCUT2D eigenvalue weighted by Crippen LogP contribution is 2.25. The minimum absolute atomic E-state index is 0.320. The van der Waals surface area contributed by atoms with Gasteiger partial charge in [-0.05, 0) is 58.2 Å². The Morgan fingerprint density at radius 3 is 2.61 bits per heavy atom. The van der Waals surface area contributed by atoms with Gasteiger partial charge in [0.05, 0.1) is 23.7 Å². The molecule has 0 amide bonds. The zero-order valence-electron chi connectivity index (χ0n) is 11.9. The number of ether oxygens (including phenoxy) is 1. The molecule has 0 atom stereocenters. The van der Waals surface area contributed by atoms with E-state index in [4.69, 9.17) is 16.3 Å². The molecular formula is C15H25ClNO+. The van der Waals surface area contributed by atoms with E-state index in [1.807, 2.05) is 25.1 Å². The van der Waals surface area contributed by atoms with Gasteiger partial charge in [0.2, 0.25) is 0 Å². The molecule has 3 heteroatoms. The second-order valence-electron chi connectivity index (χ2n) is 5.85. The SMILES string of the molecule is Cc1ccc(Cl)c(OCCCC[NH2+]C(C)(C)C)c1. The van der Waals surface area contributed by atoms with Gasteiger partial charge in [0.15, 0.2) is 0 Å². The van der Waals surface area contributed by atoms with Crippen LogP contribution >= 0.6 is 11.6 Å². The molecule has 0 fully saturated rings. The van der Waals surface area contributed by atoms with Crippen LogP contribution in [0.15, 0.2) is 18.2 Å². The number of benzene rings is 1. The predicted molar refractivity (Wildman–Crippen MR) is 77.5 cm³/mol. The van der Waals surface area contributed by atoms with E-state index >= 15 is 0 Å². The molecule has 2 N–H and O–H groups in total. The monoisotopic (exact) mass is 270 g/mol. The average Bonchev–Trinajstić information content (AvgIpc) is 2.26. The van der Waals surface area contributed by atoms with Crippen molar-refractivity contribution in [2.45, 2.75) is 46.1 Å². The van der Waals surface area contributed by atoms with Crippen molar-refractivity contribution in [3.8, 4) is 5.75 Å². The molecule has 102 valence electrons. The minimum atomic E-state index is 0.320. The minimum Gasteiger partial charge on any atom is -0.492 e. The lowest BCUT2D eigenvalue weighted by Gasteiger charge is -2.16. The summed E-state index contributed by atoms with van der Waals surface area (Å²) in [5.41, 5.74) is 1.50. The maximum absolute atomic E-state index is 6.06. The Balaban J connectivity index is 2.20. The van der Waals surface area contributed by atoms with Crippen LogP contribution in [-0.4, -0.2) is 18.7 Å². The predicted octanol–water partition coefficient (Wildman–Crippen LogP) is 3.17. The molecule has 0 saturated heterocycles. The number of nitrogens with two attached hydrogens (primary N) is 1. The number of hydrogen-bond acceptors (Lipinski definition) is 1. The summed E-state index contributed by atoms with van der Waals surface area (Å²) < 4.78 is 5.70. The Bertz CT molecular complexity index is 371. The number of aryl methyl sites for hydroxylation is 1. The molecule has 1 aromatic rings. The van der Waals surface area contributed by atoms with Crippen LogP contribution in [0.2, 0.25) is 5.02 Å². The third-order valence-electron chi connectivity index (χ3n) is 2.70. The molecule has 2 nitrogen and oxygen atoms in total. The highest BCUT2D eigenvalue weighted by molar-refractivity contribution is 6.32. The van der Waals surface area contributed by atoms with Crippen molar-refractivity contribution in [3.05, 3.63) is 28.8 Å². The maximum atomic E-state index is 6.06. The highest BCUT2D eigenvalue weighted by Gasteiger charge is 2.11. The number of rotatable bonds is 6. The highest BCUT2D eigenvalue weighted by atomic mass is 35.5. The third kappa shape index (κ3) is 6.27. The first kappa shape index (κ1) is 15.3. The Morgan fingerprint density at radius 1 is 1.22 bits per heavy atom. The van der Waals surface area contributed by atoms with Gasteiger partial charge in [0.25, 0.3) is 0 Å². The number of halogens is 1. The number of quaternary nitrogens is 1. The van der Waals surface area contributed by atoms with Crippen molar-refractivity contribution in [1.29, 1.82) is 0 Å². The second-order valence-corrected chi connectivity index (χ2v) is 6.26. The standard InChI is InChI=1S/C15H24ClNO/c1-12-7-8-13(16)14(11-12)18-10-6-5-9-17-15(2,3)4/h7-8,11,17H,5-6,9-10H2,1-4H3/p+1. The molecule has 0 heterocycles. The van der Waals surface area contributed by atoms with Crippen LogP contribution < -0.4 is 10.1 Å². The molecule has 1 aromatic carbocycles. The van der Waals surface area contributed by atoms with E-state index in [-0.39, 0.29) is 0 Å². The van der Waals surface area contributed by atoms with E-state index < -0.39 is 0 Å². The van der Waals surface area contributed by atoms with Crippen molar-refractivity contribution in [1.82, 2.24) is 0 Å². The van der Waals surface area contributed by atoms with Crippen molar-refractivity contribution in [2.75, 3.05) is 13.2 Å². The maximum Gasteiger partial charge on any atom is 0.138 e. The summed E-state index contributed by atoms with van der Waals surface area (Å²) in [7, 11) is 0. The van der Waals surface area contributed by atoms with Crippen LogP contribution in [0.1, 0.15) is 39.2 Å². The summed E-state index contributed by atoms with van der Waals surface area (Å²) in [4.78, 5) is 0. The molecule has 18 heavy (non-hydrogen) atoms. The van der Waals surface area contributed by atoms with Gasteiger partial charge in [0, 0.05) is 0 Å². The number of hydrogen-bond donors (Lipinski definition) is 1. The van der Waals surface area contributed by atoms with Crippen LogP contribution in [0, 0.1) is 6.92 Å². The average molecular weight is 271 g/mol. The fourth-order valence-electron chi connectivity index (χ4n) is 1.68. The van der Waals surface area contributed by atoms with Crippen LogP contribution in [0.3, 0.4) is 0 Å². The van der Waals surface area contributed by atoms with Crippen LogP contribution in [-0.2, 0) is 0 Å². The third-order valence-corrected chi connectivity index (χ3v) is 3.01. The van der Waals surface area contributed by atoms with Crippen molar-refractivity contribution >= 4 is 11.6 Å². The lowest BCUT2D eigenvalue weighted by Crippen LogP contribution is -2.94. The first-order valence-electron chi connectivity index (χ1n) is 6.62. The summed E-state index contributed by atoms with van der Waals surface area (Å²) >= 11 is 6.06. The molecule has 0 aliphatic heterocycles. The summed E-state index contributed by atoms with van der Waals surface area (Å²) in [5.74, 6) is 0.802. The smallest absolute Gasteiger partial charge is 0.138 e. The van der Waals surface area contributed by atoms with Crippen LogP contribution in [0.4, 0.5) is 0 Å². The molecule has 0 aromatic heterocycles. The first-order chi connectivity index (χ1) is 8.38. The molecular weight excluding hydrogens is 246 g/mol. The Morgan fingerprint density at radius 2 is 1.94 bits per heavy atom. The van der Waals surface area contributed by atoms with Crippen molar-refractivity contribution < 1.29 is 10.1 Å². The van der Waals surface area contributed by atoms with E-state index in [0.29, 0.717) is 10.6 Å². The van der Waals surface area contributed by atoms with E-state index in [2.05, 4.69) is 26.1 Å². The normalized spacial score (nSPS) is 11.6. The van der Waals surface area contributed by atoms with Crippen LogP contribution in [0.25, 0.3) is 0 Å². The lowest BCUT2D eigenvalue weighted by atomic mass is 10.1. The summed E-state index contributed by atoms with van der Waals surface area (Å²) in [6.45, 7) is 10.6. The molecule has 0 radical (unpaired) electrons. The largest absolute Gasteiger partial charge is 0.492 e. The molecule has 0 aliphatic rings. The van der Waals surface area contributed by atoms with Gasteiger partial charge in [-0.1, -0.05) is 17.7 Å². The Kier molecular flexibility index (Phi) is 5.97. The van der Waals surface area contributed by atoms with Crippen LogP contribution in [0.5, 0.6) is 5.75 Å². The van der Waals surface area contributed by atoms with Gasteiger partial charge in [-0.25, -0.2) is 0 Å². The molecule has 0 spiro atoms. The number of unbranched alkanes of at least 4 members (excludes halogenated alkanes) is 1. The molecule has 1 rings (SSSR count). The quantitative estimate of drug-likeness (QED) is 0.790. The Labute approximate surface area is 116 Å². The van der Waals surface area contributed by atoms with Gasteiger partial charge >= 0.3 is 0 Å². The lowest BCUT2D eigenvalue weighted by molar-refractivity contribution is -0.717. The van der Waals surface area contributed by atoms with Gasteiger partial charge in [-0.3, -0.25) is 0 Å². The first-order valence-corrected chi connectivity index (χ1v) is 6.99. The fraction of sp³-hybridized carbons (Fsp3) is 0.600. The van der Waals surface area contributed by atoms with E-state index in [9.17, 15) is 0 Å². The van der Waals surface area contributed by atoms with Gasteiger partial charge in [-0.15, -0.1) is 0 Å². The zero-order chi connectivity index (χ0) is 13.6. The van der Waals surface area contributed by atoms with Crippen molar-refractivity contribution in [2.24, 2.45) is 0 Å². The molecule has 0 bridgehead atoms. The summed E-state index contributed by atoms with van der Waals surface area (Å²) in [6.07, 6.45) is 2.23. The topological polar surface area (TPSA) is 25.8 Å². The van der Waals surface area contributed by atoms with Gasteiger partial charge in [-0.2, -0.15) is 0 Å². The van der Waals surface area contributed by atoms with E-state index in [1.165, 1.54) is 12.0 Å². The Hall–Kier alpha value is -0.730. The van der Waals surface area contributed by atoms with E-state index in [0.717, 1.165) is 25.3 Å².